The quantitative estimate of drug-likeness (QED) is 0.750. The molecule has 4 amide bonds. The van der Waals surface area contributed by atoms with E-state index in [0.717, 1.165) is 10.5 Å². The van der Waals surface area contributed by atoms with Crippen molar-refractivity contribution in [1.29, 1.82) is 0 Å². The summed E-state index contributed by atoms with van der Waals surface area (Å²) in [5.41, 5.74) is 0.501. The van der Waals surface area contributed by atoms with E-state index in [1.165, 1.54) is 0 Å². The van der Waals surface area contributed by atoms with Crippen LogP contribution in [0.3, 0.4) is 0 Å². The van der Waals surface area contributed by atoms with Crippen LogP contribution >= 0.6 is 11.6 Å². The van der Waals surface area contributed by atoms with Crippen LogP contribution in [-0.4, -0.2) is 35.8 Å². The molecule has 7 heteroatoms. The average Bonchev–Trinajstić information content (AvgIpc) is 2.87. The second-order valence-electron chi connectivity index (χ2n) is 6.54. The highest BCUT2D eigenvalue weighted by molar-refractivity contribution is 6.30. The van der Waals surface area contributed by atoms with Gasteiger partial charge in [0.1, 0.15) is 12.1 Å². The van der Waals surface area contributed by atoms with Crippen molar-refractivity contribution in [3.63, 3.8) is 0 Å². The minimum Gasteiger partial charge on any atom is -0.354 e. The van der Waals surface area contributed by atoms with Gasteiger partial charge in [-0.2, -0.15) is 0 Å². The molecule has 1 saturated heterocycles. The van der Waals surface area contributed by atoms with Crippen molar-refractivity contribution in [2.75, 3.05) is 13.1 Å². The van der Waals surface area contributed by atoms with Gasteiger partial charge in [0.05, 0.1) is 0 Å². The molecule has 1 unspecified atom stereocenters. The summed E-state index contributed by atoms with van der Waals surface area (Å²) in [5, 5.41) is 6.05. The molecular formula is C20H20ClN3O3. The maximum Gasteiger partial charge on any atom is 0.325 e. The number of rotatable bonds is 6. The molecule has 6 nitrogen and oxygen atoms in total. The highest BCUT2D eigenvalue weighted by Gasteiger charge is 2.49. The van der Waals surface area contributed by atoms with Gasteiger partial charge in [-0.25, -0.2) is 4.79 Å². The number of hydrogen-bond donors (Lipinski definition) is 2. The number of nitrogens with one attached hydrogen (secondary N) is 2. The van der Waals surface area contributed by atoms with Gasteiger partial charge in [0.25, 0.3) is 5.91 Å². The first kappa shape index (κ1) is 18.9. The summed E-state index contributed by atoms with van der Waals surface area (Å²) in [6, 6.07) is 15.8. The van der Waals surface area contributed by atoms with E-state index in [4.69, 9.17) is 11.6 Å². The Morgan fingerprint density at radius 1 is 1.15 bits per heavy atom. The zero-order chi connectivity index (χ0) is 19.4. The van der Waals surface area contributed by atoms with E-state index in [-0.39, 0.29) is 6.54 Å². The van der Waals surface area contributed by atoms with Crippen LogP contribution in [0.1, 0.15) is 18.1 Å². The SMILES string of the molecule is CC1(c2ccccc2)NC(=O)N(CC(=O)NCCc2cccc(Cl)c2)C1=O. The lowest BCUT2D eigenvalue weighted by atomic mass is 9.92. The Kier molecular flexibility index (Phi) is 5.46. The molecule has 1 atom stereocenters. The van der Waals surface area contributed by atoms with E-state index in [1.807, 2.05) is 24.3 Å². The Bertz CT molecular complexity index is 872. The molecule has 1 aliphatic rings. The molecule has 1 heterocycles. The van der Waals surface area contributed by atoms with Gasteiger partial charge < -0.3 is 10.6 Å². The van der Waals surface area contributed by atoms with Crippen LogP contribution in [0.25, 0.3) is 0 Å². The Labute approximate surface area is 162 Å². The van der Waals surface area contributed by atoms with Crippen LogP contribution in [0.2, 0.25) is 5.02 Å². The van der Waals surface area contributed by atoms with E-state index < -0.39 is 23.4 Å². The summed E-state index contributed by atoms with van der Waals surface area (Å²) in [4.78, 5) is 38.1. The molecular weight excluding hydrogens is 366 g/mol. The number of carbonyl (C=O) groups excluding carboxylic acids is 3. The summed E-state index contributed by atoms with van der Waals surface area (Å²) in [7, 11) is 0. The van der Waals surface area contributed by atoms with Crippen LogP contribution in [0.5, 0.6) is 0 Å². The van der Waals surface area contributed by atoms with E-state index >= 15 is 0 Å². The lowest BCUT2D eigenvalue weighted by Crippen LogP contribution is -2.43. The van der Waals surface area contributed by atoms with Gasteiger partial charge in [-0.1, -0.05) is 54.1 Å². The van der Waals surface area contributed by atoms with E-state index in [2.05, 4.69) is 10.6 Å². The summed E-state index contributed by atoms with van der Waals surface area (Å²) in [6.45, 7) is 1.71. The fourth-order valence-electron chi connectivity index (χ4n) is 3.05. The summed E-state index contributed by atoms with van der Waals surface area (Å²) < 4.78 is 0. The molecule has 0 bridgehead atoms. The van der Waals surface area contributed by atoms with E-state index in [1.54, 1.807) is 37.3 Å². The number of hydrogen-bond acceptors (Lipinski definition) is 3. The average molecular weight is 386 g/mol. The number of imide groups is 1. The molecule has 2 N–H and O–H groups in total. The number of halogens is 1. The molecule has 0 radical (unpaired) electrons. The van der Waals surface area contributed by atoms with Gasteiger partial charge in [-0.15, -0.1) is 0 Å². The maximum absolute atomic E-state index is 12.8. The van der Waals surface area contributed by atoms with Gasteiger partial charge in [-0.05, 0) is 36.6 Å². The number of urea groups is 1. The van der Waals surface area contributed by atoms with Crippen molar-refractivity contribution in [3.05, 3.63) is 70.7 Å². The van der Waals surface area contributed by atoms with Crippen LogP contribution in [0, 0.1) is 0 Å². The van der Waals surface area contributed by atoms with Crippen LogP contribution in [0.15, 0.2) is 54.6 Å². The van der Waals surface area contributed by atoms with Crippen LogP contribution in [-0.2, 0) is 21.5 Å². The first-order valence-corrected chi connectivity index (χ1v) is 8.99. The number of carbonyl (C=O) groups is 3. The van der Waals surface area contributed by atoms with Crippen molar-refractivity contribution >= 4 is 29.4 Å². The molecule has 0 spiro atoms. The minimum atomic E-state index is -1.17. The smallest absolute Gasteiger partial charge is 0.325 e. The zero-order valence-electron chi connectivity index (χ0n) is 14.9. The first-order valence-electron chi connectivity index (χ1n) is 8.61. The third-order valence-corrected chi connectivity index (χ3v) is 4.79. The third-order valence-electron chi connectivity index (χ3n) is 4.55. The predicted molar refractivity (Wildman–Crippen MR) is 102 cm³/mol. The van der Waals surface area contributed by atoms with Gasteiger partial charge >= 0.3 is 6.03 Å². The molecule has 0 aliphatic carbocycles. The Morgan fingerprint density at radius 3 is 2.59 bits per heavy atom. The lowest BCUT2D eigenvalue weighted by Gasteiger charge is -2.22. The molecule has 140 valence electrons. The summed E-state index contributed by atoms with van der Waals surface area (Å²) in [6.07, 6.45) is 0.605. The first-order chi connectivity index (χ1) is 12.9. The second-order valence-corrected chi connectivity index (χ2v) is 6.98. The summed E-state index contributed by atoms with van der Waals surface area (Å²) in [5.74, 6) is -0.832. The van der Waals surface area contributed by atoms with E-state index in [0.29, 0.717) is 23.6 Å². The minimum absolute atomic E-state index is 0.317. The van der Waals surface area contributed by atoms with Crippen molar-refractivity contribution in [1.82, 2.24) is 15.5 Å². The predicted octanol–water partition coefficient (Wildman–Crippen LogP) is 2.47. The molecule has 1 aliphatic heterocycles. The fourth-order valence-corrected chi connectivity index (χ4v) is 3.26. The molecule has 27 heavy (non-hydrogen) atoms. The molecule has 2 aromatic carbocycles. The highest BCUT2D eigenvalue weighted by atomic mass is 35.5. The van der Waals surface area contributed by atoms with Crippen LogP contribution < -0.4 is 10.6 Å². The van der Waals surface area contributed by atoms with Gasteiger partial charge in [0.2, 0.25) is 5.91 Å². The monoisotopic (exact) mass is 385 g/mol. The topological polar surface area (TPSA) is 78.5 Å². The van der Waals surface area contributed by atoms with Gasteiger partial charge in [-0.3, -0.25) is 14.5 Å². The Hall–Kier alpha value is -2.86. The standard InChI is InChI=1S/C20H20ClN3O3/c1-20(15-7-3-2-4-8-15)18(26)24(19(27)23-20)13-17(25)22-11-10-14-6-5-9-16(21)12-14/h2-9,12H,10-11,13H2,1H3,(H,22,25)(H,23,27). The molecule has 0 aromatic heterocycles. The van der Waals surface area contributed by atoms with Gasteiger partial charge in [0, 0.05) is 11.6 Å². The zero-order valence-corrected chi connectivity index (χ0v) is 15.6. The second kappa shape index (κ2) is 7.80. The van der Waals surface area contributed by atoms with Crippen molar-refractivity contribution in [2.24, 2.45) is 0 Å². The molecule has 3 rings (SSSR count). The molecule has 0 saturated carbocycles. The molecule has 1 fully saturated rings. The lowest BCUT2D eigenvalue weighted by molar-refractivity contribution is -0.134. The Balaban J connectivity index is 1.58. The van der Waals surface area contributed by atoms with E-state index in [9.17, 15) is 14.4 Å². The fraction of sp³-hybridized carbons (Fsp3) is 0.250. The highest BCUT2D eigenvalue weighted by Crippen LogP contribution is 2.28. The maximum atomic E-state index is 12.8. The van der Waals surface area contributed by atoms with Crippen molar-refractivity contribution < 1.29 is 14.4 Å². The number of nitrogens with zero attached hydrogens (tertiary/aromatic N) is 1. The largest absolute Gasteiger partial charge is 0.354 e. The number of amides is 4. The van der Waals surface area contributed by atoms with Gasteiger partial charge in [0.15, 0.2) is 0 Å². The number of benzene rings is 2. The summed E-state index contributed by atoms with van der Waals surface area (Å²) >= 11 is 5.93. The normalized spacial score (nSPS) is 19.1. The third kappa shape index (κ3) is 4.11. The molecule has 2 aromatic rings. The Morgan fingerprint density at radius 2 is 1.89 bits per heavy atom. The van der Waals surface area contributed by atoms with Crippen molar-refractivity contribution in [3.8, 4) is 0 Å². The van der Waals surface area contributed by atoms with Crippen molar-refractivity contribution in [2.45, 2.75) is 18.9 Å². The van der Waals surface area contributed by atoms with Crippen LogP contribution in [0.4, 0.5) is 4.79 Å².